The molecule has 0 heterocycles. The van der Waals surface area contributed by atoms with Crippen LogP contribution < -0.4 is 42.5 Å². The normalized spacial score (nSPS) is 12.6. The van der Waals surface area contributed by atoms with Gasteiger partial charge in [-0.1, -0.05) is 5.56 Å². The second-order valence-electron chi connectivity index (χ2n) is 18.0. The maximum absolute atomic E-state index is 12.1. The Bertz CT molecular complexity index is 2700. The summed E-state index contributed by atoms with van der Waals surface area (Å²) in [5.41, 5.74) is 9.11. The van der Waals surface area contributed by atoms with E-state index in [1.54, 1.807) is 0 Å². The van der Waals surface area contributed by atoms with Crippen molar-refractivity contribution < 1.29 is 25.5 Å². The van der Waals surface area contributed by atoms with E-state index in [0.717, 1.165) is 82.4 Å². The van der Waals surface area contributed by atoms with E-state index in [1.807, 2.05) is 76.2 Å². The van der Waals surface area contributed by atoms with Crippen LogP contribution in [0.3, 0.4) is 0 Å². The molecule has 0 aliphatic carbocycles. The van der Waals surface area contributed by atoms with Crippen molar-refractivity contribution in [1.29, 1.82) is 0 Å². The van der Waals surface area contributed by atoms with Crippen molar-refractivity contribution >= 4 is 157 Å². The molecular formula is C49H62B4I4N6O5P4. The van der Waals surface area contributed by atoms with Gasteiger partial charge in [-0.15, -0.1) is 0 Å². The molecule has 0 bridgehead atoms. The fraction of sp³-hybridized carbons (Fsp3) is 0.388. The van der Waals surface area contributed by atoms with Crippen molar-refractivity contribution in [2.75, 3.05) is 52.4 Å². The van der Waals surface area contributed by atoms with E-state index >= 15 is 0 Å². The molecule has 4 atom stereocenters. The summed E-state index contributed by atoms with van der Waals surface area (Å²) in [7, 11) is 25.1. The van der Waals surface area contributed by atoms with Gasteiger partial charge in [-0.05, 0) is 6.92 Å². The SMILES string of the molecule is B#P(I)c1cc(C)c(O)c(CNCCN(CCNCc2cc(P(#B)I)cc(C)c2O)Cc2cc(C)cc(CN(CCNCc3cc(P(#B)I)cc(C)c3O)CCNCc3cc(P(#B)I)cc(C)c3O)c2O)c1. The van der Waals surface area contributed by atoms with Gasteiger partial charge in [0.25, 0.3) is 0 Å². The van der Waals surface area contributed by atoms with E-state index in [4.69, 9.17) is 28.0 Å². The van der Waals surface area contributed by atoms with Crippen LogP contribution in [0.4, 0.5) is 0 Å². The number of phenols is 5. The molecule has 0 fully saturated rings. The third-order valence-corrected chi connectivity index (χ3v) is 22.0. The number of rotatable bonds is 24. The molecule has 4 unspecified atom stereocenters. The molecule has 23 heteroatoms. The summed E-state index contributed by atoms with van der Waals surface area (Å²) in [6.45, 7) is 17.6. The Kier molecular flexibility index (Phi) is 26.2. The molecule has 0 aliphatic heterocycles. The number of nitrogens with zero attached hydrogens (tertiary/aromatic N) is 2. The number of hydrogen-bond acceptors (Lipinski definition) is 11. The average Bonchev–Trinajstić information content (AvgIpc) is 3.32. The molecule has 378 valence electrons. The zero-order chi connectivity index (χ0) is 52.8. The molecule has 0 aliphatic rings. The number of aryl methyl sites for hydroxylation is 5. The zero-order valence-electron chi connectivity index (χ0n) is 41.4. The van der Waals surface area contributed by atoms with E-state index in [9.17, 15) is 25.5 Å². The summed E-state index contributed by atoms with van der Waals surface area (Å²) >= 11 is 8.97. The Hall–Kier alpha value is -0.760. The Morgan fingerprint density at radius 3 is 0.833 bits per heavy atom. The van der Waals surface area contributed by atoms with E-state index in [1.165, 1.54) is 0 Å². The Morgan fingerprint density at radius 1 is 0.375 bits per heavy atom. The van der Waals surface area contributed by atoms with Crippen molar-refractivity contribution in [3.8, 4) is 28.7 Å². The molecule has 0 saturated carbocycles. The van der Waals surface area contributed by atoms with Crippen molar-refractivity contribution in [1.82, 2.24) is 31.1 Å². The predicted molar refractivity (Wildman–Crippen MR) is 347 cm³/mol. The van der Waals surface area contributed by atoms with Gasteiger partial charge in [0, 0.05) is 0 Å². The molecule has 0 amide bonds. The van der Waals surface area contributed by atoms with Crippen molar-refractivity contribution in [3.63, 3.8) is 0 Å². The van der Waals surface area contributed by atoms with Crippen LogP contribution in [0.2, 0.25) is 0 Å². The standard InChI is InChI=1S/C49H62B4I4N6O5P4/c1-30-14-39(28-62(10-6-58-24-35-20-41(69(50)54)16-31(2)45(35)64)11-7-59-25-36-21-42(70(51)55)17-32(3)46(36)65)49(68)40(15-30)29-63(12-8-60-26-37-22-43(71(52)56)18-33(4)47(37)66)13-9-61-27-38-23-44(72(53)57)19-34(5)48(38)67/h14-23,58-61,64-68H,6-13,24-29H2,1-5H3. The topological polar surface area (TPSA) is 156 Å². The second kappa shape index (κ2) is 30.4. The zero-order valence-corrected chi connectivity index (χ0v) is 53.6. The van der Waals surface area contributed by atoms with Crippen LogP contribution in [0.5, 0.6) is 28.7 Å². The van der Waals surface area contributed by atoms with Crippen LogP contribution in [-0.2, 0) is 39.3 Å². The van der Waals surface area contributed by atoms with Gasteiger partial charge >= 0.3 is 473 Å². The number of benzene rings is 5. The number of hydrogen-bond donors (Lipinski definition) is 9. The van der Waals surface area contributed by atoms with Gasteiger partial charge in [0.05, 0.1) is 0 Å². The van der Waals surface area contributed by atoms with Crippen molar-refractivity contribution in [2.24, 2.45) is 0 Å². The summed E-state index contributed by atoms with van der Waals surface area (Å²) in [4.78, 5) is 1.22. The first-order valence-corrected chi connectivity index (χ1v) is 40.1. The monoisotopic (exact) mass is 1490 g/mol. The molecule has 72 heavy (non-hydrogen) atoms. The van der Waals surface area contributed by atoms with Gasteiger partial charge in [0.1, 0.15) is 0 Å². The minimum absolute atomic E-state index is 0.254. The van der Waals surface area contributed by atoms with Crippen LogP contribution in [0.15, 0.2) is 60.7 Å². The number of phenolic OH excluding ortho intramolecular Hbond substituents is 5. The summed E-state index contributed by atoms with van der Waals surface area (Å²) in [6, 6.07) is 19.8. The van der Waals surface area contributed by atoms with Crippen LogP contribution in [0, 0.1) is 34.6 Å². The molecule has 0 radical (unpaired) electrons. The Morgan fingerprint density at radius 2 is 0.611 bits per heavy atom. The Balaban J connectivity index is 1.34. The van der Waals surface area contributed by atoms with E-state index in [0.29, 0.717) is 91.6 Å². The van der Waals surface area contributed by atoms with Crippen molar-refractivity contribution in [2.45, 2.75) is 73.9 Å². The van der Waals surface area contributed by atoms with Crippen LogP contribution >= 0.6 is 108 Å². The fourth-order valence-corrected chi connectivity index (χ4v) is 14.1. The summed E-state index contributed by atoms with van der Waals surface area (Å²) in [5.74, 6) is 1.34. The van der Waals surface area contributed by atoms with E-state index < -0.39 is 19.5 Å². The van der Waals surface area contributed by atoms with Crippen LogP contribution in [-0.4, -0.2) is 116 Å². The van der Waals surface area contributed by atoms with Crippen molar-refractivity contribution in [3.05, 3.63) is 122 Å². The Labute approximate surface area is 485 Å². The van der Waals surface area contributed by atoms with Crippen LogP contribution in [0.25, 0.3) is 0 Å². The molecule has 0 saturated heterocycles. The molecule has 11 nitrogen and oxygen atoms in total. The maximum atomic E-state index is 12.1. The number of halogens is 4. The summed E-state index contributed by atoms with van der Waals surface area (Å²) < 4.78 is 0. The quantitative estimate of drug-likeness (QED) is 0.0126. The number of aromatic hydroxyl groups is 5. The minimum atomic E-state index is -0.845. The molecule has 5 aromatic carbocycles. The molecule has 5 rings (SSSR count). The summed E-state index contributed by atoms with van der Waals surface area (Å²) in [5, 5.41) is 74.0. The molecule has 5 aromatic rings. The molecule has 0 aromatic heterocycles. The average molecular weight is 1490 g/mol. The van der Waals surface area contributed by atoms with Gasteiger partial charge in [-0.3, -0.25) is 0 Å². The van der Waals surface area contributed by atoms with Gasteiger partial charge < -0.3 is 5.11 Å². The van der Waals surface area contributed by atoms with E-state index in [-0.39, 0.29) is 28.7 Å². The first kappa shape index (κ1) is 62.1. The first-order valence-electron chi connectivity index (χ1n) is 23.3. The molecule has 9 N–H and O–H groups in total. The molecular weight excluding hydrogens is 1430 g/mol. The number of nitrogens with one attached hydrogen (secondary N) is 4. The van der Waals surface area contributed by atoms with Crippen LogP contribution in [0.1, 0.15) is 61.2 Å². The third kappa shape index (κ3) is 18.7. The van der Waals surface area contributed by atoms with Gasteiger partial charge in [0.2, 0.25) is 0 Å². The predicted octanol–water partition coefficient (Wildman–Crippen LogP) is 8.68. The summed E-state index contributed by atoms with van der Waals surface area (Å²) in [6.07, 6.45) is 0. The fourth-order valence-electron chi connectivity index (χ4n) is 8.40. The van der Waals surface area contributed by atoms with Gasteiger partial charge in [-0.25, -0.2) is 0 Å². The third-order valence-electron chi connectivity index (χ3n) is 12.3. The second-order valence-corrected chi connectivity index (χ2v) is 35.0. The first-order chi connectivity index (χ1) is 34.1. The van der Waals surface area contributed by atoms with E-state index in [2.05, 4.69) is 138 Å². The van der Waals surface area contributed by atoms with Gasteiger partial charge in [0.15, 0.2) is 0 Å². The van der Waals surface area contributed by atoms with Gasteiger partial charge in [-0.2, -0.15) is 0 Å². The molecule has 0 spiro atoms.